The number of ether oxygens (including phenoxy) is 2. The van der Waals surface area contributed by atoms with E-state index in [4.69, 9.17) is 9.47 Å². The van der Waals surface area contributed by atoms with E-state index in [-0.39, 0.29) is 0 Å². The van der Waals surface area contributed by atoms with E-state index in [9.17, 15) is 0 Å². The summed E-state index contributed by atoms with van der Waals surface area (Å²) in [6.07, 6.45) is 0.999. The molecule has 0 aromatic heterocycles. The second-order valence-corrected chi connectivity index (χ2v) is 3.81. The molecule has 0 fully saturated rings. The highest BCUT2D eigenvalue weighted by Gasteiger charge is 2.16. The van der Waals surface area contributed by atoms with E-state index in [1.807, 2.05) is 7.05 Å². The first-order valence-electron chi connectivity index (χ1n) is 5.29. The van der Waals surface area contributed by atoms with Gasteiger partial charge in [-0.3, -0.25) is 0 Å². The molecule has 82 valence electrons. The summed E-state index contributed by atoms with van der Waals surface area (Å²) in [5.41, 5.74) is 3.72. The van der Waals surface area contributed by atoms with Gasteiger partial charge in [0.1, 0.15) is 5.75 Å². The molecule has 1 N–H and O–H groups in total. The van der Waals surface area contributed by atoms with Crippen LogP contribution in [0.15, 0.2) is 12.1 Å². The summed E-state index contributed by atoms with van der Waals surface area (Å²) in [5.74, 6) is 1.04. The van der Waals surface area contributed by atoms with Gasteiger partial charge in [0.2, 0.25) is 0 Å². The second-order valence-electron chi connectivity index (χ2n) is 3.81. The summed E-state index contributed by atoms with van der Waals surface area (Å²) in [5, 5.41) is 3.15. The van der Waals surface area contributed by atoms with Crippen molar-refractivity contribution in [1.82, 2.24) is 5.32 Å². The maximum absolute atomic E-state index is 5.58. The van der Waals surface area contributed by atoms with Gasteiger partial charge in [-0.15, -0.1) is 0 Å². The van der Waals surface area contributed by atoms with Crippen molar-refractivity contribution >= 4 is 0 Å². The Bertz CT molecular complexity index is 350. The van der Waals surface area contributed by atoms with Gasteiger partial charge in [0.05, 0.1) is 6.61 Å². The molecule has 0 spiro atoms. The van der Waals surface area contributed by atoms with Crippen LogP contribution in [0.25, 0.3) is 0 Å². The summed E-state index contributed by atoms with van der Waals surface area (Å²) in [7, 11) is 1.96. The molecule has 0 aliphatic carbocycles. The number of nitrogens with one attached hydrogen (secondary N) is 1. The van der Waals surface area contributed by atoms with Gasteiger partial charge in [-0.05, 0) is 38.1 Å². The topological polar surface area (TPSA) is 30.5 Å². The number of benzene rings is 1. The molecule has 1 heterocycles. The molecule has 1 aromatic rings. The molecule has 0 saturated heterocycles. The predicted molar refractivity (Wildman–Crippen MR) is 59.1 cm³/mol. The van der Waals surface area contributed by atoms with Gasteiger partial charge in [0.25, 0.3) is 0 Å². The van der Waals surface area contributed by atoms with Crippen LogP contribution in [0, 0.1) is 6.92 Å². The first kappa shape index (κ1) is 10.5. The molecule has 0 saturated carbocycles. The fourth-order valence-electron chi connectivity index (χ4n) is 1.83. The lowest BCUT2D eigenvalue weighted by atomic mass is 10.0. The summed E-state index contributed by atoms with van der Waals surface area (Å²) in [6, 6.07) is 4.29. The van der Waals surface area contributed by atoms with E-state index in [1.165, 1.54) is 16.7 Å². The highest BCUT2D eigenvalue weighted by atomic mass is 16.7. The molecule has 1 aliphatic rings. The van der Waals surface area contributed by atoms with E-state index in [2.05, 4.69) is 24.4 Å². The molecular weight excluding hydrogens is 190 g/mol. The zero-order valence-electron chi connectivity index (χ0n) is 9.30. The number of hydrogen-bond acceptors (Lipinski definition) is 3. The lowest BCUT2D eigenvalue weighted by Gasteiger charge is -2.22. The first-order valence-corrected chi connectivity index (χ1v) is 5.29. The Morgan fingerprint density at radius 3 is 3.07 bits per heavy atom. The Balaban J connectivity index is 2.30. The normalized spacial score (nSPS) is 14.5. The van der Waals surface area contributed by atoms with Crippen LogP contribution in [-0.4, -0.2) is 20.4 Å². The quantitative estimate of drug-likeness (QED) is 0.817. The van der Waals surface area contributed by atoms with Gasteiger partial charge >= 0.3 is 0 Å². The van der Waals surface area contributed by atoms with Crippen molar-refractivity contribution in [2.75, 3.05) is 20.4 Å². The van der Waals surface area contributed by atoms with Crippen molar-refractivity contribution in [3.8, 4) is 5.75 Å². The van der Waals surface area contributed by atoms with Crippen LogP contribution in [0.5, 0.6) is 5.75 Å². The lowest BCUT2D eigenvalue weighted by molar-refractivity contribution is -0.0173. The standard InChI is InChI=1S/C12H17NO2/c1-9-3-4-10(5-6-13-2)12-11(9)7-14-8-15-12/h3-4,13H,5-8H2,1-2H3. The minimum atomic E-state index is 0.378. The highest BCUT2D eigenvalue weighted by molar-refractivity contribution is 5.46. The van der Waals surface area contributed by atoms with Crippen molar-refractivity contribution in [2.24, 2.45) is 0 Å². The van der Waals surface area contributed by atoms with Crippen molar-refractivity contribution in [1.29, 1.82) is 0 Å². The number of hydrogen-bond donors (Lipinski definition) is 1. The van der Waals surface area contributed by atoms with Gasteiger partial charge in [0.15, 0.2) is 6.79 Å². The second kappa shape index (κ2) is 4.64. The van der Waals surface area contributed by atoms with Crippen LogP contribution < -0.4 is 10.1 Å². The minimum absolute atomic E-state index is 0.378. The lowest BCUT2D eigenvalue weighted by Crippen LogP contribution is -2.16. The van der Waals surface area contributed by atoms with E-state index < -0.39 is 0 Å². The average Bonchev–Trinajstić information content (AvgIpc) is 2.29. The molecular formula is C12H17NO2. The number of aryl methyl sites for hydroxylation is 1. The van der Waals surface area contributed by atoms with Crippen molar-refractivity contribution < 1.29 is 9.47 Å². The average molecular weight is 207 g/mol. The molecule has 2 rings (SSSR count). The highest BCUT2D eigenvalue weighted by Crippen LogP contribution is 2.30. The smallest absolute Gasteiger partial charge is 0.189 e. The molecule has 0 bridgehead atoms. The van der Waals surface area contributed by atoms with E-state index in [0.29, 0.717) is 13.4 Å². The van der Waals surface area contributed by atoms with Gasteiger partial charge < -0.3 is 14.8 Å². The van der Waals surface area contributed by atoms with Crippen LogP contribution in [-0.2, 0) is 17.8 Å². The largest absolute Gasteiger partial charge is 0.467 e. The maximum Gasteiger partial charge on any atom is 0.189 e. The van der Waals surface area contributed by atoms with Gasteiger partial charge in [0, 0.05) is 5.56 Å². The molecule has 0 unspecified atom stereocenters. The van der Waals surface area contributed by atoms with E-state index in [1.54, 1.807) is 0 Å². The molecule has 3 heteroatoms. The Morgan fingerprint density at radius 2 is 2.27 bits per heavy atom. The minimum Gasteiger partial charge on any atom is -0.467 e. The van der Waals surface area contributed by atoms with Crippen LogP contribution in [0.3, 0.4) is 0 Å². The van der Waals surface area contributed by atoms with Crippen molar-refractivity contribution in [3.05, 3.63) is 28.8 Å². The Labute approximate surface area is 90.4 Å². The first-order chi connectivity index (χ1) is 7.33. The van der Waals surface area contributed by atoms with Gasteiger partial charge in [-0.1, -0.05) is 12.1 Å². The Kier molecular flexibility index (Phi) is 3.23. The fourth-order valence-corrected chi connectivity index (χ4v) is 1.83. The third kappa shape index (κ3) is 2.13. The van der Waals surface area contributed by atoms with E-state index >= 15 is 0 Å². The Hall–Kier alpha value is -1.06. The SMILES string of the molecule is CNCCc1ccc(C)c2c1OCOC2. The monoisotopic (exact) mass is 207 g/mol. The summed E-state index contributed by atoms with van der Waals surface area (Å²) in [4.78, 5) is 0. The van der Waals surface area contributed by atoms with Crippen molar-refractivity contribution in [3.63, 3.8) is 0 Å². The molecule has 0 atom stereocenters. The molecule has 3 nitrogen and oxygen atoms in total. The van der Waals surface area contributed by atoms with Crippen LogP contribution in [0.4, 0.5) is 0 Å². The maximum atomic E-state index is 5.58. The third-order valence-electron chi connectivity index (χ3n) is 2.75. The summed E-state index contributed by atoms with van der Waals surface area (Å²) in [6.45, 7) is 4.12. The number of rotatable bonds is 3. The molecule has 1 aliphatic heterocycles. The van der Waals surface area contributed by atoms with E-state index in [0.717, 1.165) is 18.7 Å². The molecule has 0 radical (unpaired) electrons. The van der Waals surface area contributed by atoms with Gasteiger partial charge in [-0.25, -0.2) is 0 Å². The Morgan fingerprint density at radius 1 is 1.40 bits per heavy atom. The zero-order chi connectivity index (χ0) is 10.7. The van der Waals surface area contributed by atoms with Crippen LogP contribution in [0.1, 0.15) is 16.7 Å². The molecule has 15 heavy (non-hydrogen) atoms. The predicted octanol–water partition coefficient (Wildman–Crippen LogP) is 1.62. The van der Waals surface area contributed by atoms with Crippen molar-refractivity contribution in [2.45, 2.75) is 20.0 Å². The zero-order valence-corrected chi connectivity index (χ0v) is 9.30. The fraction of sp³-hybridized carbons (Fsp3) is 0.500. The van der Waals surface area contributed by atoms with Crippen LogP contribution in [0.2, 0.25) is 0 Å². The number of likely N-dealkylation sites (N-methyl/N-ethyl adjacent to an activating group) is 1. The summed E-state index contributed by atoms with van der Waals surface area (Å²) >= 11 is 0. The van der Waals surface area contributed by atoms with Crippen LogP contribution >= 0.6 is 0 Å². The molecule has 0 amide bonds. The third-order valence-corrected chi connectivity index (χ3v) is 2.75. The molecule has 1 aromatic carbocycles. The number of fused-ring (bicyclic) bond motifs is 1. The van der Waals surface area contributed by atoms with Gasteiger partial charge in [-0.2, -0.15) is 0 Å². The summed E-state index contributed by atoms with van der Waals surface area (Å²) < 4.78 is 10.9.